The zero-order valence-corrected chi connectivity index (χ0v) is 20.8. The number of hydrogen-bond donors (Lipinski definition) is 1. The minimum absolute atomic E-state index is 0.108. The van der Waals surface area contributed by atoms with Gasteiger partial charge in [0.15, 0.2) is 11.0 Å². The van der Waals surface area contributed by atoms with Crippen molar-refractivity contribution in [2.75, 3.05) is 11.9 Å². The molecule has 1 N–H and O–H groups in total. The van der Waals surface area contributed by atoms with E-state index in [4.69, 9.17) is 4.74 Å². The van der Waals surface area contributed by atoms with Gasteiger partial charge in [-0.05, 0) is 61.7 Å². The number of benzene rings is 3. The molecule has 2 aromatic heterocycles. The number of fused-ring (bicyclic) bond motifs is 1. The molecule has 0 saturated carbocycles. The number of carbonyl (C=O) groups is 1. The summed E-state index contributed by atoms with van der Waals surface area (Å²) in [6.45, 7) is 4.42. The molecule has 0 aliphatic heterocycles. The third-order valence-corrected chi connectivity index (χ3v) is 6.72. The molecule has 0 fully saturated rings. The Balaban J connectivity index is 1.44. The largest absolute Gasteiger partial charge is 0.494 e. The molecule has 7 nitrogen and oxygen atoms in total. The number of aromatic nitrogens is 4. The van der Waals surface area contributed by atoms with E-state index in [0.717, 1.165) is 33.5 Å². The van der Waals surface area contributed by atoms with Crippen LogP contribution < -0.4 is 10.1 Å². The van der Waals surface area contributed by atoms with Gasteiger partial charge in [0.05, 0.1) is 11.9 Å². The minimum Gasteiger partial charge on any atom is -0.494 e. The van der Waals surface area contributed by atoms with E-state index in [1.54, 1.807) is 12.4 Å². The maximum atomic E-state index is 13.2. The number of anilines is 1. The maximum absolute atomic E-state index is 13.2. The third-order valence-electron chi connectivity index (χ3n) is 5.68. The number of thioether (sulfide) groups is 1. The number of nitrogens with one attached hydrogen (secondary N) is 1. The van der Waals surface area contributed by atoms with Gasteiger partial charge in [0.1, 0.15) is 5.75 Å². The molecule has 36 heavy (non-hydrogen) atoms. The van der Waals surface area contributed by atoms with E-state index in [1.807, 2.05) is 97.3 Å². The zero-order chi connectivity index (χ0) is 24.9. The van der Waals surface area contributed by atoms with Crippen LogP contribution in [0.5, 0.6) is 5.75 Å². The fraction of sp³-hybridized carbons (Fsp3) is 0.143. The molecule has 0 spiro atoms. The van der Waals surface area contributed by atoms with Gasteiger partial charge in [-0.2, -0.15) is 0 Å². The fourth-order valence-corrected chi connectivity index (χ4v) is 4.77. The van der Waals surface area contributed by atoms with Crippen molar-refractivity contribution in [3.63, 3.8) is 0 Å². The van der Waals surface area contributed by atoms with E-state index in [2.05, 4.69) is 20.5 Å². The van der Waals surface area contributed by atoms with Crippen LogP contribution in [0.1, 0.15) is 13.8 Å². The fourth-order valence-electron chi connectivity index (χ4n) is 3.91. The minimum atomic E-state index is -0.417. The normalized spacial score (nSPS) is 11.8. The van der Waals surface area contributed by atoms with Gasteiger partial charge in [0, 0.05) is 34.7 Å². The van der Waals surface area contributed by atoms with Crippen molar-refractivity contribution in [2.24, 2.45) is 0 Å². The number of pyridine rings is 1. The van der Waals surface area contributed by atoms with E-state index in [0.29, 0.717) is 17.6 Å². The van der Waals surface area contributed by atoms with Gasteiger partial charge in [-0.3, -0.25) is 14.3 Å². The van der Waals surface area contributed by atoms with Crippen molar-refractivity contribution in [2.45, 2.75) is 24.3 Å². The Bertz CT molecular complexity index is 1480. The number of ether oxygens (including phenoxy) is 1. The average Bonchev–Trinajstić information content (AvgIpc) is 3.33. The summed E-state index contributed by atoms with van der Waals surface area (Å²) in [5.41, 5.74) is 2.54. The van der Waals surface area contributed by atoms with Gasteiger partial charge in [0.2, 0.25) is 5.91 Å². The van der Waals surface area contributed by atoms with E-state index in [-0.39, 0.29) is 5.91 Å². The van der Waals surface area contributed by atoms with Gasteiger partial charge < -0.3 is 10.1 Å². The lowest BCUT2D eigenvalue weighted by Crippen LogP contribution is -2.23. The quantitative estimate of drug-likeness (QED) is 0.266. The van der Waals surface area contributed by atoms with E-state index in [9.17, 15) is 4.79 Å². The van der Waals surface area contributed by atoms with Crippen LogP contribution in [0.4, 0.5) is 5.69 Å². The summed E-state index contributed by atoms with van der Waals surface area (Å²) in [6.07, 6.45) is 3.44. The number of carbonyl (C=O) groups excluding carboxylic acids is 1. The lowest BCUT2D eigenvalue weighted by atomic mass is 10.1. The van der Waals surface area contributed by atoms with E-state index in [1.165, 1.54) is 11.8 Å². The first-order valence-electron chi connectivity index (χ1n) is 11.7. The number of amides is 1. The Hall–Kier alpha value is -4.17. The highest BCUT2D eigenvalue weighted by molar-refractivity contribution is 8.00. The Kier molecular flexibility index (Phi) is 6.95. The lowest BCUT2D eigenvalue weighted by Gasteiger charge is -2.15. The summed E-state index contributed by atoms with van der Waals surface area (Å²) in [6, 6.07) is 25.4. The maximum Gasteiger partial charge on any atom is 0.237 e. The van der Waals surface area contributed by atoms with E-state index < -0.39 is 5.25 Å². The van der Waals surface area contributed by atoms with Crippen LogP contribution in [-0.4, -0.2) is 37.5 Å². The third kappa shape index (κ3) is 4.94. The Morgan fingerprint density at radius 3 is 2.50 bits per heavy atom. The van der Waals surface area contributed by atoms with Gasteiger partial charge in [-0.15, -0.1) is 10.2 Å². The molecule has 8 heteroatoms. The summed E-state index contributed by atoms with van der Waals surface area (Å²) < 4.78 is 7.56. The van der Waals surface area contributed by atoms with Crippen molar-refractivity contribution in [3.05, 3.63) is 91.3 Å². The van der Waals surface area contributed by atoms with Crippen molar-refractivity contribution in [3.8, 4) is 22.8 Å². The van der Waals surface area contributed by atoms with Crippen LogP contribution >= 0.6 is 11.8 Å². The summed E-state index contributed by atoms with van der Waals surface area (Å²) in [7, 11) is 0. The van der Waals surface area contributed by atoms with Gasteiger partial charge in [0.25, 0.3) is 0 Å². The smallest absolute Gasteiger partial charge is 0.237 e. The standard InChI is InChI=1S/C28H25N5O2S/c1-3-35-23-13-11-22(12-14-23)33-26(21-15-17-29-18-16-21)31-32-28(33)36-19(2)27(34)30-25-10-6-8-20-7-4-5-9-24(20)25/h4-19H,3H2,1-2H3,(H,30,34). The second-order valence-electron chi connectivity index (χ2n) is 8.08. The number of rotatable bonds is 8. The lowest BCUT2D eigenvalue weighted by molar-refractivity contribution is -0.115. The van der Waals surface area contributed by atoms with Gasteiger partial charge in [-0.25, -0.2) is 0 Å². The Morgan fingerprint density at radius 2 is 1.72 bits per heavy atom. The van der Waals surface area contributed by atoms with Crippen molar-refractivity contribution in [1.29, 1.82) is 0 Å². The molecule has 1 unspecified atom stereocenters. The first kappa shape index (κ1) is 23.6. The number of hydrogen-bond acceptors (Lipinski definition) is 6. The number of nitrogens with zero attached hydrogens (tertiary/aromatic N) is 4. The molecule has 0 radical (unpaired) electrons. The molecule has 5 rings (SSSR count). The van der Waals surface area contributed by atoms with Crippen LogP contribution in [0.3, 0.4) is 0 Å². The summed E-state index contributed by atoms with van der Waals surface area (Å²) in [4.78, 5) is 17.3. The molecule has 1 amide bonds. The Morgan fingerprint density at radius 1 is 0.972 bits per heavy atom. The molecular weight excluding hydrogens is 470 g/mol. The second kappa shape index (κ2) is 10.6. The molecule has 5 aromatic rings. The predicted molar refractivity (Wildman–Crippen MR) is 144 cm³/mol. The van der Waals surface area contributed by atoms with Crippen LogP contribution in [0.25, 0.3) is 27.8 Å². The van der Waals surface area contributed by atoms with Crippen molar-refractivity contribution >= 4 is 34.1 Å². The molecule has 0 aliphatic rings. The topological polar surface area (TPSA) is 81.9 Å². The van der Waals surface area contributed by atoms with Crippen LogP contribution in [-0.2, 0) is 4.79 Å². The highest BCUT2D eigenvalue weighted by Crippen LogP contribution is 2.31. The van der Waals surface area contributed by atoms with Crippen molar-refractivity contribution < 1.29 is 9.53 Å². The molecule has 180 valence electrons. The monoisotopic (exact) mass is 495 g/mol. The molecule has 0 aliphatic carbocycles. The molecule has 2 heterocycles. The summed E-state index contributed by atoms with van der Waals surface area (Å²) >= 11 is 1.36. The SMILES string of the molecule is CCOc1ccc(-n2c(SC(C)C(=O)Nc3cccc4ccccc34)nnc2-c2ccncc2)cc1. The van der Waals surface area contributed by atoms with Gasteiger partial charge >= 0.3 is 0 Å². The van der Waals surface area contributed by atoms with Crippen molar-refractivity contribution in [1.82, 2.24) is 19.7 Å². The summed E-state index contributed by atoms with van der Waals surface area (Å²) in [5.74, 6) is 1.35. The highest BCUT2D eigenvalue weighted by atomic mass is 32.2. The average molecular weight is 496 g/mol. The summed E-state index contributed by atoms with van der Waals surface area (Å²) in [5, 5.41) is 14.3. The molecular formula is C28H25N5O2S. The predicted octanol–water partition coefficient (Wildman–Crippen LogP) is 6.00. The zero-order valence-electron chi connectivity index (χ0n) is 20.0. The molecule has 3 aromatic carbocycles. The molecule has 0 saturated heterocycles. The first-order valence-corrected chi connectivity index (χ1v) is 12.6. The highest BCUT2D eigenvalue weighted by Gasteiger charge is 2.22. The second-order valence-corrected chi connectivity index (χ2v) is 9.39. The van der Waals surface area contributed by atoms with Crippen LogP contribution in [0, 0.1) is 0 Å². The van der Waals surface area contributed by atoms with Crippen LogP contribution in [0.2, 0.25) is 0 Å². The van der Waals surface area contributed by atoms with Crippen LogP contribution in [0.15, 0.2) is 96.4 Å². The first-order chi connectivity index (χ1) is 17.6. The molecule has 1 atom stereocenters. The molecule has 0 bridgehead atoms. The Labute approximate surface area is 213 Å². The van der Waals surface area contributed by atoms with E-state index >= 15 is 0 Å². The van der Waals surface area contributed by atoms with Gasteiger partial charge in [-0.1, -0.05) is 48.2 Å².